The highest BCUT2D eigenvalue weighted by atomic mass is 16.2. The van der Waals surface area contributed by atoms with E-state index in [4.69, 9.17) is 0 Å². The van der Waals surface area contributed by atoms with Crippen LogP contribution in [-0.2, 0) is 11.8 Å². The van der Waals surface area contributed by atoms with Crippen molar-refractivity contribution in [1.82, 2.24) is 15.1 Å². The van der Waals surface area contributed by atoms with E-state index in [2.05, 4.69) is 42.5 Å². The van der Waals surface area contributed by atoms with Gasteiger partial charge in [-0.3, -0.25) is 14.8 Å². The monoisotopic (exact) mass is 324 g/mol. The number of hydrogen-bond acceptors (Lipinski definition) is 3. The Balaban J connectivity index is 1.52. The number of benzene rings is 1. The summed E-state index contributed by atoms with van der Waals surface area (Å²) in [6.07, 6.45) is 5.57. The molecule has 1 fully saturated rings. The van der Waals surface area contributed by atoms with Gasteiger partial charge < -0.3 is 4.90 Å². The lowest BCUT2D eigenvalue weighted by atomic mass is 9.98. The molecule has 0 spiro atoms. The predicted octanol–water partition coefficient (Wildman–Crippen LogP) is 2.67. The van der Waals surface area contributed by atoms with Crippen LogP contribution in [0.15, 0.2) is 30.6 Å². The van der Waals surface area contributed by atoms with Crippen LogP contribution in [0.1, 0.15) is 48.4 Å². The van der Waals surface area contributed by atoms with Crippen molar-refractivity contribution in [2.24, 2.45) is 7.05 Å². The van der Waals surface area contributed by atoms with Crippen molar-refractivity contribution in [3.63, 3.8) is 0 Å². The van der Waals surface area contributed by atoms with Crippen LogP contribution in [0.5, 0.6) is 0 Å². The molecule has 1 N–H and O–H groups in total. The second-order valence-corrected chi connectivity index (χ2v) is 7.14. The Hall–Kier alpha value is -2.14. The molecule has 2 heterocycles. The van der Waals surface area contributed by atoms with Crippen molar-refractivity contribution in [3.05, 3.63) is 47.3 Å². The zero-order valence-corrected chi connectivity index (χ0v) is 14.5. The second kappa shape index (κ2) is 5.74. The topological polar surface area (TPSA) is 50.2 Å². The third kappa shape index (κ3) is 2.44. The number of aryl methyl sites for hydroxylation is 2. The van der Waals surface area contributed by atoms with Gasteiger partial charge in [-0.15, -0.1) is 0 Å². The number of carbonyl (C=O) groups excluding carboxylic acids is 1. The van der Waals surface area contributed by atoms with E-state index in [-0.39, 0.29) is 18.0 Å². The van der Waals surface area contributed by atoms with Crippen LogP contribution < -0.4 is 10.2 Å². The van der Waals surface area contributed by atoms with Crippen LogP contribution >= 0.6 is 0 Å². The van der Waals surface area contributed by atoms with Gasteiger partial charge in [0, 0.05) is 25.8 Å². The van der Waals surface area contributed by atoms with E-state index in [0.717, 1.165) is 25.1 Å². The van der Waals surface area contributed by atoms with Gasteiger partial charge in [0.05, 0.1) is 17.9 Å². The molecular formula is C19H24N4O. The summed E-state index contributed by atoms with van der Waals surface area (Å²) in [6.45, 7) is 5.22. The zero-order valence-electron chi connectivity index (χ0n) is 14.5. The molecule has 2 aromatic rings. The minimum Gasteiger partial charge on any atom is -0.308 e. The van der Waals surface area contributed by atoms with Crippen LogP contribution in [0.2, 0.25) is 0 Å². The van der Waals surface area contributed by atoms with E-state index in [1.807, 2.05) is 18.1 Å². The molecule has 1 aliphatic heterocycles. The molecule has 5 heteroatoms. The smallest absolute Gasteiger partial charge is 0.244 e. The molecule has 2 aliphatic rings. The fourth-order valence-corrected chi connectivity index (χ4v) is 4.32. The quantitative estimate of drug-likeness (QED) is 0.944. The third-order valence-corrected chi connectivity index (χ3v) is 5.43. The molecule has 1 amide bonds. The van der Waals surface area contributed by atoms with Gasteiger partial charge in [-0.25, -0.2) is 0 Å². The number of anilines is 1. The molecule has 1 aliphatic carbocycles. The minimum absolute atomic E-state index is 0.103. The molecule has 3 atom stereocenters. The first-order valence-corrected chi connectivity index (χ1v) is 8.70. The Bertz CT molecular complexity index is 781. The fourth-order valence-electron chi connectivity index (χ4n) is 4.32. The fraction of sp³-hybridized carbons (Fsp3) is 0.474. The SMILES string of the molecule is Cc1cccc2c1C(C)CC2NC1CCN(c2cnn(C)c2)C1=O. The van der Waals surface area contributed by atoms with Crippen LogP contribution in [-0.4, -0.2) is 28.3 Å². The zero-order chi connectivity index (χ0) is 16.8. The first-order valence-electron chi connectivity index (χ1n) is 8.70. The van der Waals surface area contributed by atoms with Gasteiger partial charge in [0.25, 0.3) is 0 Å². The number of aromatic nitrogens is 2. The van der Waals surface area contributed by atoms with Crippen molar-refractivity contribution < 1.29 is 4.79 Å². The lowest BCUT2D eigenvalue weighted by Crippen LogP contribution is -2.39. The predicted molar refractivity (Wildman–Crippen MR) is 94.1 cm³/mol. The van der Waals surface area contributed by atoms with Gasteiger partial charge in [0.15, 0.2) is 0 Å². The number of nitrogens with one attached hydrogen (secondary N) is 1. The number of nitrogens with zero attached hydrogens (tertiary/aromatic N) is 3. The molecular weight excluding hydrogens is 300 g/mol. The van der Waals surface area contributed by atoms with E-state index in [1.54, 1.807) is 10.9 Å². The van der Waals surface area contributed by atoms with Crippen LogP contribution in [0.25, 0.3) is 0 Å². The molecule has 24 heavy (non-hydrogen) atoms. The van der Waals surface area contributed by atoms with Gasteiger partial charge >= 0.3 is 0 Å². The molecule has 0 bridgehead atoms. The number of amides is 1. The number of fused-ring (bicyclic) bond motifs is 1. The van der Waals surface area contributed by atoms with Gasteiger partial charge in [0.1, 0.15) is 0 Å². The maximum Gasteiger partial charge on any atom is 0.244 e. The average molecular weight is 324 g/mol. The molecule has 4 rings (SSSR count). The summed E-state index contributed by atoms with van der Waals surface area (Å²) in [5.41, 5.74) is 5.08. The number of carbonyl (C=O) groups is 1. The summed E-state index contributed by atoms with van der Waals surface area (Å²) < 4.78 is 1.74. The van der Waals surface area contributed by atoms with E-state index >= 15 is 0 Å². The van der Waals surface area contributed by atoms with E-state index in [1.165, 1.54) is 16.7 Å². The Morgan fingerprint density at radius 1 is 1.29 bits per heavy atom. The van der Waals surface area contributed by atoms with Gasteiger partial charge in [0.2, 0.25) is 5.91 Å². The van der Waals surface area contributed by atoms with Crippen molar-refractivity contribution in [2.75, 3.05) is 11.4 Å². The third-order valence-electron chi connectivity index (χ3n) is 5.43. The molecule has 0 radical (unpaired) electrons. The lowest BCUT2D eigenvalue weighted by Gasteiger charge is -2.20. The minimum atomic E-state index is -0.103. The first kappa shape index (κ1) is 15.4. The highest BCUT2D eigenvalue weighted by molar-refractivity contribution is 5.99. The summed E-state index contributed by atoms with van der Waals surface area (Å²) in [6, 6.07) is 6.69. The molecule has 1 aromatic carbocycles. The Labute approximate surface area is 142 Å². The highest BCUT2D eigenvalue weighted by Gasteiger charge is 2.37. The summed E-state index contributed by atoms with van der Waals surface area (Å²) in [5, 5.41) is 7.81. The largest absolute Gasteiger partial charge is 0.308 e. The summed E-state index contributed by atoms with van der Waals surface area (Å²) >= 11 is 0. The average Bonchev–Trinajstić information content (AvgIpc) is 3.21. The molecule has 3 unspecified atom stereocenters. The Morgan fingerprint density at radius 2 is 2.12 bits per heavy atom. The summed E-state index contributed by atoms with van der Waals surface area (Å²) in [5.74, 6) is 0.710. The van der Waals surface area contributed by atoms with E-state index < -0.39 is 0 Å². The second-order valence-electron chi connectivity index (χ2n) is 7.14. The molecule has 0 saturated carbocycles. The molecule has 5 nitrogen and oxygen atoms in total. The van der Waals surface area contributed by atoms with Crippen molar-refractivity contribution in [1.29, 1.82) is 0 Å². The van der Waals surface area contributed by atoms with Crippen molar-refractivity contribution in [3.8, 4) is 0 Å². The lowest BCUT2D eigenvalue weighted by molar-refractivity contribution is -0.119. The van der Waals surface area contributed by atoms with Crippen molar-refractivity contribution >= 4 is 11.6 Å². The first-order chi connectivity index (χ1) is 11.5. The summed E-state index contributed by atoms with van der Waals surface area (Å²) in [4.78, 5) is 14.6. The van der Waals surface area contributed by atoms with E-state index in [9.17, 15) is 4.79 Å². The normalized spacial score (nSPS) is 26.2. The molecule has 126 valence electrons. The van der Waals surface area contributed by atoms with Crippen LogP contribution in [0, 0.1) is 6.92 Å². The number of hydrogen-bond donors (Lipinski definition) is 1. The maximum atomic E-state index is 12.8. The van der Waals surface area contributed by atoms with Crippen LogP contribution in [0.3, 0.4) is 0 Å². The number of rotatable bonds is 3. The standard InChI is InChI=1S/C19H24N4O/c1-12-5-4-6-15-17(9-13(2)18(12)15)21-16-7-8-23(19(16)24)14-10-20-22(3)11-14/h4-6,10-11,13,16-17,21H,7-9H2,1-3H3. The summed E-state index contributed by atoms with van der Waals surface area (Å²) in [7, 11) is 1.87. The Kier molecular flexibility index (Phi) is 3.68. The van der Waals surface area contributed by atoms with E-state index in [0.29, 0.717) is 5.92 Å². The van der Waals surface area contributed by atoms with Gasteiger partial charge in [-0.05, 0) is 42.4 Å². The highest BCUT2D eigenvalue weighted by Crippen LogP contribution is 2.42. The maximum absolute atomic E-state index is 12.8. The molecule has 1 saturated heterocycles. The van der Waals surface area contributed by atoms with Gasteiger partial charge in [-0.1, -0.05) is 25.1 Å². The molecule has 1 aromatic heterocycles. The van der Waals surface area contributed by atoms with Gasteiger partial charge in [-0.2, -0.15) is 5.10 Å². The Morgan fingerprint density at radius 3 is 2.88 bits per heavy atom. The van der Waals surface area contributed by atoms with Crippen LogP contribution in [0.4, 0.5) is 5.69 Å². The van der Waals surface area contributed by atoms with Crippen molar-refractivity contribution in [2.45, 2.75) is 44.7 Å².